The van der Waals surface area contributed by atoms with E-state index < -0.39 is 5.97 Å². The van der Waals surface area contributed by atoms with Crippen molar-refractivity contribution < 1.29 is 19.1 Å². The second-order valence-electron chi connectivity index (χ2n) is 4.58. The van der Waals surface area contributed by atoms with E-state index in [0.29, 0.717) is 19.8 Å². The van der Waals surface area contributed by atoms with Crippen molar-refractivity contribution in [3.63, 3.8) is 0 Å². The zero-order valence-electron chi connectivity index (χ0n) is 13.2. The Hall–Kier alpha value is -1.78. The first-order chi connectivity index (χ1) is 11.4. The molecule has 1 amide bonds. The highest BCUT2D eigenvalue weighted by Gasteiger charge is 2.25. The summed E-state index contributed by atoms with van der Waals surface area (Å²) in [6.45, 7) is 5.00. The van der Waals surface area contributed by atoms with E-state index in [1.54, 1.807) is 19.4 Å². The minimum Gasteiger partial charge on any atom is -0.462 e. The number of thiophene rings is 1. The molecule has 0 spiro atoms. The van der Waals surface area contributed by atoms with Crippen molar-refractivity contribution >= 4 is 57.1 Å². The number of ether oxygens (including phenoxy) is 1. The second-order valence-corrected chi connectivity index (χ2v) is 7.65. The van der Waals surface area contributed by atoms with Crippen molar-refractivity contribution in [1.29, 1.82) is 0 Å². The Morgan fingerprint density at radius 1 is 1.38 bits per heavy atom. The summed E-state index contributed by atoms with van der Waals surface area (Å²) in [5, 5.41) is 10.6. The Morgan fingerprint density at radius 2 is 2.12 bits per heavy atom. The van der Waals surface area contributed by atoms with Crippen molar-refractivity contribution in [2.24, 2.45) is 0 Å². The molecule has 0 aliphatic heterocycles. The van der Waals surface area contributed by atoms with Crippen LogP contribution in [-0.4, -0.2) is 40.2 Å². The highest BCUT2D eigenvalue weighted by atomic mass is 32.2. The van der Waals surface area contributed by atoms with Gasteiger partial charge in [0.1, 0.15) is 10.5 Å². The molecule has 7 nitrogen and oxygen atoms in total. The van der Waals surface area contributed by atoms with Gasteiger partial charge in [0, 0.05) is 0 Å². The fourth-order valence-corrected chi connectivity index (χ4v) is 4.30. The van der Waals surface area contributed by atoms with Crippen LogP contribution in [0.2, 0.25) is 0 Å². The lowest BCUT2D eigenvalue weighted by Crippen LogP contribution is -2.16. The number of Topliss-reactive ketones (excluding diaryl/α,β-unsaturated/α-hetero) is 1. The SMILES string of the molecule is CCOC(=O)c1c(NC(=O)CSc2nncs2)sc(C(C)=O)c1C. The van der Waals surface area contributed by atoms with Gasteiger partial charge in [-0.3, -0.25) is 9.59 Å². The van der Waals surface area contributed by atoms with Crippen LogP contribution in [0.15, 0.2) is 9.85 Å². The topological polar surface area (TPSA) is 98.2 Å². The second kappa shape index (κ2) is 8.36. The Balaban J connectivity index is 2.18. The van der Waals surface area contributed by atoms with Crippen LogP contribution >= 0.6 is 34.4 Å². The number of rotatable bonds is 7. The molecule has 0 bridgehead atoms. The Morgan fingerprint density at radius 3 is 2.71 bits per heavy atom. The van der Waals surface area contributed by atoms with Crippen molar-refractivity contribution in [2.75, 3.05) is 17.7 Å². The average Bonchev–Trinajstić information content (AvgIpc) is 3.13. The third kappa shape index (κ3) is 4.40. The summed E-state index contributed by atoms with van der Waals surface area (Å²) in [5.41, 5.74) is 2.35. The molecule has 0 saturated heterocycles. The van der Waals surface area contributed by atoms with Gasteiger partial charge in [-0.1, -0.05) is 23.1 Å². The van der Waals surface area contributed by atoms with E-state index in [2.05, 4.69) is 15.5 Å². The quantitative estimate of drug-likeness (QED) is 0.444. The Bertz CT molecular complexity index is 756. The number of amides is 1. The van der Waals surface area contributed by atoms with Crippen LogP contribution in [0.3, 0.4) is 0 Å². The predicted molar refractivity (Wildman–Crippen MR) is 94.3 cm³/mol. The minimum absolute atomic E-state index is 0.129. The number of esters is 1. The maximum atomic E-state index is 12.1. The molecule has 0 atom stereocenters. The fraction of sp³-hybridized carbons (Fsp3) is 0.357. The third-order valence-corrected chi connectivity index (χ3v) is 6.03. The van der Waals surface area contributed by atoms with Gasteiger partial charge in [0.05, 0.1) is 22.8 Å². The number of ketones is 1. The number of thioether (sulfide) groups is 1. The average molecular weight is 385 g/mol. The van der Waals surface area contributed by atoms with Crippen molar-refractivity contribution in [3.05, 3.63) is 21.5 Å². The molecule has 1 N–H and O–H groups in total. The molecule has 0 fully saturated rings. The standard InChI is InChI=1S/C14H15N3O4S3/c1-4-21-13(20)10-7(2)11(8(3)18)24-12(10)16-9(19)5-22-14-17-15-6-23-14/h6H,4-5H2,1-3H3,(H,16,19). The molecule has 2 heterocycles. The number of aromatic nitrogens is 2. The van der Waals surface area contributed by atoms with Gasteiger partial charge in [-0.2, -0.15) is 0 Å². The number of carbonyl (C=O) groups is 3. The lowest BCUT2D eigenvalue weighted by molar-refractivity contribution is -0.113. The molecular formula is C14H15N3O4S3. The molecule has 2 rings (SSSR count). The molecule has 0 aliphatic rings. The van der Waals surface area contributed by atoms with Crippen LogP contribution in [-0.2, 0) is 9.53 Å². The minimum atomic E-state index is -0.550. The number of carbonyl (C=O) groups excluding carboxylic acids is 3. The molecule has 2 aromatic heterocycles. The number of anilines is 1. The lowest BCUT2D eigenvalue weighted by Gasteiger charge is -2.06. The largest absolute Gasteiger partial charge is 0.462 e. The summed E-state index contributed by atoms with van der Waals surface area (Å²) in [4.78, 5) is 36.4. The predicted octanol–water partition coefficient (Wildman–Crippen LogP) is 3.02. The smallest absolute Gasteiger partial charge is 0.341 e. The summed E-state index contributed by atoms with van der Waals surface area (Å²) in [5.74, 6) is -0.876. The van der Waals surface area contributed by atoms with Crippen molar-refractivity contribution in [3.8, 4) is 0 Å². The normalized spacial score (nSPS) is 10.5. The maximum Gasteiger partial charge on any atom is 0.341 e. The number of nitrogens with one attached hydrogen (secondary N) is 1. The van der Waals surface area contributed by atoms with E-state index >= 15 is 0 Å². The molecular weight excluding hydrogens is 370 g/mol. The zero-order chi connectivity index (χ0) is 17.7. The first-order valence-corrected chi connectivity index (χ1v) is 9.62. The highest BCUT2D eigenvalue weighted by Crippen LogP contribution is 2.34. The summed E-state index contributed by atoms with van der Waals surface area (Å²) in [7, 11) is 0. The van der Waals surface area contributed by atoms with Crippen LogP contribution in [0, 0.1) is 6.92 Å². The number of nitrogens with zero attached hydrogens (tertiary/aromatic N) is 2. The molecule has 0 radical (unpaired) electrons. The van der Waals surface area contributed by atoms with E-state index in [0.717, 1.165) is 11.3 Å². The van der Waals surface area contributed by atoms with Crippen LogP contribution in [0.4, 0.5) is 5.00 Å². The van der Waals surface area contributed by atoms with Crippen LogP contribution in [0.1, 0.15) is 39.4 Å². The lowest BCUT2D eigenvalue weighted by atomic mass is 10.1. The van der Waals surface area contributed by atoms with E-state index in [9.17, 15) is 14.4 Å². The summed E-state index contributed by atoms with van der Waals surface area (Å²) in [6.07, 6.45) is 0. The van der Waals surface area contributed by atoms with Crippen LogP contribution < -0.4 is 5.32 Å². The van der Waals surface area contributed by atoms with Gasteiger partial charge >= 0.3 is 5.97 Å². The number of hydrogen-bond acceptors (Lipinski definition) is 9. The Labute approximate surface area is 150 Å². The molecule has 0 unspecified atom stereocenters. The molecule has 24 heavy (non-hydrogen) atoms. The molecule has 0 saturated carbocycles. The van der Waals surface area contributed by atoms with E-state index in [1.807, 2.05) is 0 Å². The summed E-state index contributed by atoms with van der Waals surface area (Å²) in [6, 6.07) is 0. The van der Waals surface area contributed by atoms with E-state index in [-0.39, 0.29) is 29.6 Å². The number of hydrogen-bond donors (Lipinski definition) is 1. The Kier molecular flexibility index (Phi) is 6.46. The molecule has 0 aromatic carbocycles. The molecule has 128 valence electrons. The van der Waals surface area contributed by atoms with Gasteiger partial charge in [-0.05, 0) is 26.3 Å². The fourth-order valence-electron chi connectivity index (χ4n) is 1.90. The van der Waals surface area contributed by atoms with Crippen LogP contribution in [0.25, 0.3) is 0 Å². The first-order valence-electron chi connectivity index (χ1n) is 6.94. The van der Waals surface area contributed by atoms with Gasteiger partial charge in [-0.25, -0.2) is 4.79 Å². The molecule has 2 aromatic rings. The van der Waals surface area contributed by atoms with Crippen molar-refractivity contribution in [1.82, 2.24) is 10.2 Å². The van der Waals surface area contributed by atoms with Crippen LogP contribution in [0.5, 0.6) is 0 Å². The highest BCUT2D eigenvalue weighted by molar-refractivity contribution is 8.01. The van der Waals surface area contributed by atoms with E-state index in [1.165, 1.54) is 30.0 Å². The van der Waals surface area contributed by atoms with Gasteiger partial charge in [0.15, 0.2) is 10.1 Å². The zero-order valence-corrected chi connectivity index (χ0v) is 15.7. The van der Waals surface area contributed by atoms with E-state index in [4.69, 9.17) is 4.74 Å². The molecule has 10 heteroatoms. The van der Waals surface area contributed by atoms with Gasteiger partial charge in [0.25, 0.3) is 0 Å². The third-order valence-electron chi connectivity index (χ3n) is 2.87. The van der Waals surface area contributed by atoms with Gasteiger partial charge in [-0.15, -0.1) is 21.5 Å². The first kappa shape index (κ1) is 18.6. The maximum absolute atomic E-state index is 12.1. The van der Waals surface area contributed by atoms with Gasteiger partial charge in [0.2, 0.25) is 5.91 Å². The summed E-state index contributed by atoms with van der Waals surface area (Å²) < 4.78 is 5.71. The monoisotopic (exact) mass is 385 g/mol. The molecule has 0 aliphatic carbocycles. The van der Waals surface area contributed by atoms with Gasteiger partial charge < -0.3 is 10.1 Å². The van der Waals surface area contributed by atoms with Crippen molar-refractivity contribution in [2.45, 2.75) is 25.1 Å². The summed E-state index contributed by atoms with van der Waals surface area (Å²) >= 11 is 3.67.